The van der Waals surface area contributed by atoms with E-state index in [1.165, 1.54) is 0 Å². The molecule has 1 aliphatic carbocycles. The van der Waals surface area contributed by atoms with E-state index >= 15 is 0 Å². The number of hydrogen-bond acceptors (Lipinski definition) is 3. The molecule has 132 valence electrons. The average molecular weight is 379 g/mol. The second-order valence-corrected chi connectivity index (χ2v) is 7.09. The van der Waals surface area contributed by atoms with Crippen LogP contribution in [0.1, 0.15) is 38.4 Å². The van der Waals surface area contributed by atoms with Crippen LogP contribution in [0.15, 0.2) is 42.6 Å². The minimum Gasteiger partial charge on any atom is -0.479 e. The number of ether oxygens (including phenoxy) is 1. The third-order valence-electron chi connectivity index (χ3n) is 4.27. The lowest BCUT2D eigenvalue weighted by Crippen LogP contribution is -2.43. The number of halogens is 2. The van der Waals surface area contributed by atoms with E-state index in [1.54, 1.807) is 31.3 Å². The Morgan fingerprint density at radius 3 is 2.60 bits per heavy atom. The molecule has 6 heteroatoms. The number of carbonyl (C=O) groups is 1. The summed E-state index contributed by atoms with van der Waals surface area (Å²) in [7, 11) is 0. The van der Waals surface area contributed by atoms with E-state index in [-0.39, 0.29) is 18.0 Å². The van der Waals surface area contributed by atoms with Crippen LogP contribution in [0.25, 0.3) is 0 Å². The van der Waals surface area contributed by atoms with Crippen LogP contribution >= 0.6 is 23.2 Å². The van der Waals surface area contributed by atoms with Gasteiger partial charge in [0, 0.05) is 17.3 Å². The molecule has 1 aliphatic rings. The number of aromatic nitrogens is 1. The van der Waals surface area contributed by atoms with Gasteiger partial charge in [0.15, 0.2) is 6.10 Å². The van der Waals surface area contributed by atoms with Crippen LogP contribution < -0.4 is 4.74 Å². The molecular weight excluding hydrogens is 359 g/mol. The number of carbonyl (C=O) groups excluding carboxylic acids is 1. The first kappa shape index (κ1) is 18.0. The molecule has 0 bridgehead atoms. The molecule has 0 N–H and O–H groups in total. The van der Waals surface area contributed by atoms with E-state index in [1.807, 2.05) is 30.0 Å². The molecule has 25 heavy (non-hydrogen) atoms. The van der Waals surface area contributed by atoms with Gasteiger partial charge in [-0.1, -0.05) is 29.3 Å². The molecule has 0 radical (unpaired) electrons. The summed E-state index contributed by atoms with van der Waals surface area (Å²) in [5.41, 5.74) is 0.875. The number of rotatable bonds is 6. The van der Waals surface area contributed by atoms with Gasteiger partial charge in [-0.15, -0.1) is 0 Å². The van der Waals surface area contributed by atoms with Gasteiger partial charge in [-0.25, -0.2) is 0 Å². The molecule has 0 spiro atoms. The summed E-state index contributed by atoms with van der Waals surface area (Å²) in [6, 6.07) is 10.9. The quantitative estimate of drug-likeness (QED) is 0.716. The maximum atomic E-state index is 13.0. The van der Waals surface area contributed by atoms with Crippen molar-refractivity contribution in [1.29, 1.82) is 0 Å². The predicted molar refractivity (Wildman–Crippen MR) is 99.1 cm³/mol. The summed E-state index contributed by atoms with van der Waals surface area (Å²) >= 11 is 12.1. The van der Waals surface area contributed by atoms with Crippen LogP contribution in [0, 0.1) is 0 Å². The molecule has 0 aliphatic heterocycles. The fourth-order valence-electron chi connectivity index (χ4n) is 2.83. The summed E-state index contributed by atoms with van der Waals surface area (Å²) < 4.78 is 5.80. The lowest BCUT2D eigenvalue weighted by molar-refractivity contribution is -0.141. The fraction of sp³-hybridized carbons (Fsp3) is 0.368. The highest BCUT2D eigenvalue weighted by Gasteiger charge is 2.39. The minimum atomic E-state index is -0.648. The zero-order valence-corrected chi connectivity index (χ0v) is 15.7. The van der Waals surface area contributed by atoms with Crippen LogP contribution in [-0.2, 0) is 4.79 Å². The van der Waals surface area contributed by atoms with Crippen molar-refractivity contribution in [2.45, 2.75) is 44.9 Å². The Labute approximate surface area is 157 Å². The molecule has 2 atom stereocenters. The third-order valence-corrected chi connectivity index (χ3v) is 4.80. The van der Waals surface area contributed by atoms with E-state index in [9.17, 15) is 4.79 Å². The lowest BCUT2D eigenvalue weighted by Gasteiger charge is -2.31. The first-order valence-electron chi connectivity index (χ1n) is 8.32. The Morgan fingerprint density at radius 2 is 2.00 bits per heavy atom. The van der Waals surface area contributed by atoms with E-state index in [2.05, 4.69) is 4.98 Å². The Bertz CT molecular complexity index is 750. The largest absolute Gasteiger partial charge is 0.479 e. The van der Waals surface area contributed by atoms with Gasteiger partial charge in [0.05, 0.1) is 16.8 Å². The first-order valence-corrected chi connectivity index (χ1v) is 9.07. The van der Waals surface area contributed by atoms with E-state index in [0.717, 1.165) is 18.5 Å². The van der Waals surface area contributed by atoms with Crippen LogP contribution in [0.2, 0.25) is 10.0 Å². The van der Waals surface area contributed by atoms with Gasteiger partial charge in [-0.3, -0.25) is 9.78 Å². The predicted octanol–water partition coefficient (Wildman–Crippen LogP) is 4.91. The Balaban J connectivity index is 1.76. The number of nitrogens with zero attached hydrogens (tertiary/aromatic N) is 2. The fourth-order valence-corrected chi connectivity index (χ4v) is 3.28. The van der Waals surface area contributed by atoms with Gasteiger partial charge in [-0.2, -0.15) is 0 Å². The molecule has 4 nitrogen and oxygen atoms in total. The van der Waals surface area contributed by atoms with Crippen molar-refractivity contribution in [2.75, 3.05) is 0 Å². The summed E-state index contributed by atoms with van der Waals surface area (Å²) in [5, 5.41) is 0.919. The molecule has 1 aromatic carbocycles. The van der Waals surface area contributed by atoms with Gasteiger partial charge >= 0.3 is 0 Å². The van der Waals surface area contributed by atoms with Gasteiger partial charge in [-0.05, 0) is 57.0 Å². The van der Waals surface area contributed by atoms with Crippen molar-refractivity contribution in [3.05, 3.63) is 58.3 Å². The molecule has 1 saturated carbocycles. The minimum absolute atomic E-state index is 0.0633. The molecular formula is C19H20Cl2N2O2. The molecule has 1 amide bonds. The van der Waals surface area contributed by atoms with Crippen molar-refractivity contribution in [3.63, 3.8) is 0 Å². The second kappa shape index (κ2) is 7.63. The highest BCUT2D eigenvalue weighted by Crippen LogP contribution is 2.35. The first-order chi connectivity index (χ1) is 12.0. The second-order valence-electron chi connectivity index (χ2n) is 6.24. The molecule has 3 rings (SSSR count). The Morgan fingerprint density at radius 1 is 1.24 bits per heavy atom. The number of pyridine rings is 1. The van der Waals surface area contributed by atoms with Crippen LogP contribution in [0.4, 0.5) is 0 Å². The molecule has 0 saturated heterocycles. The van der Waals surface area contributed by atoms with Crippen LogP contribution in [-0.4, -0.2) is 27.9 Å². The van der Waals surface area contributed by atoms with E-state index in [4.69, 9.17) is 27.9 Å². The SMILES string of the molecule is CC(Oc1ccc(Cl)cc1Cl)C(=O)N(C1CC1)C(C)c1ccccn1. The smallest absolute Gasteiger partial charge is 0.264 e. The van der Waals surface area contributed by atoms with Gasteiger partial charge < -0.3 is 9.64 Å². The average Bonchev–Trinajstić information content (AvgIpc) is 3.43. The van der Waals surface area contributed by atoms with E-state index < -0.39 is 6.10 Å². The monoisotopic (exact) mass is 378 g/mol. The maximum Gasteiger partial charge on any atom is 0.264 e. The number of amides is 1. The van der Waals surface area contributed by atoms with Crippen LogP contribution in [0.5, 0.6) is 5.75 Å². The van der Waals surface area contributed by atoms with Gasteiger partial charge in [0.25, 0.3) is 5.91 Å². The normalized spacial score (nSPS) is 16.2. The lowest BCUT2D eigenvalue weighted by atomic mass is 10.1. The highest BCUT2D eigenvalue weighted by molar-refractivity contribution is 6.35. The maximum absolute atomic E-state index is 13.0. The van der Waals surface area contributed by atoms with Crippen molar-refractivity contribution < 1.29 is 9.53 Å². The van der Waals surface area contributed by atoms with E-state index in [0.29, 0.717) is 15.8 Å². The topological polar surface area (TPSA) is 42.4 Å². The van der Waals surface area contributed by atoms with Gasteiger partial charge in [0.2, 0.25) is 0 Å². The highest BCUT2D eigenvalue weighted by atomic mass is 35.5. The van der Waals surface area contributed by atoms with Gasteiger partial charge in [0.1, 0.15) is 5.75 Å². The van der Waals surface area contributed by atoms with Crippen molar-refractivity contribution in [3.8, 4) is 5.75 Å². The summed E-state index contributed by atoms with van der Waals surface area (Å²) in [5.74, 6) is 0.389. The molecule has 2 unspecified atom stereocenters. The molecule has 1 fully saturated rings. The number of hydrogen-bond donors (Lipinski definition) is 0. The summed E-state index contributed by atoms with van der Waals surface area (Å²) in [6.07, 6.45) is 3.12. The molecule has 2 aromatic rings. The zero-order chi connectivity index (χ0) is 18.0. The molecule has 1 aromatic heterocycles. The summed E-state index contributed by atoms with van der Waals surface area (Å²) in [6.45, 7) is 3.74. The Hall–Kier alpha value is -1.78. The standard InChI is InChI=1S/C19H20Cl2N2O2/c1-12(17-5-3-4-10-22-17)23(15-7-8-15)19(24)13(2)25-18-9-6-14(20)11-16(18)21/h3-6,9-13,15H,7-8H2,1-2H3. The summed E-state index contributed by atoms with van der Waals surface area (Å²) in [4.78, 5) is 19.3. The van der Waals surface area contributed by atoms with Crippen molar-refractivity contribution in [2.24, 2.45) is 0 Å². The zero-order valence-electron chi connectivity index (χ0n) is 14.2. The number of benzene rings is 1. The van der Waals surface area contributed by atoms with Crippen molar-refractivity contribution >= 4 is 29.1 Å². The Kier molecular flexibility index (Phi) is 5.50. The van der Waals surface area contributed by atoms with Crippen LogP contribution in [0.3, 0.4) is 0 Å². The van der Waals surface area contributed by atoms with Crippen molar-refractivity contribution in [1.82, 2.24) is 9.88 Å². The third kappa shape index (κ3) is 4.25. The molecule has 1 heterocycles.